The van der Waals surface area contributed by atoms with E-state index >= 15 is 0 Å². The average Bonchev–Trinajstić information content (AvgIpc) is 3.06. The number of alkyl halides is 6. The second-order valence-corrected chi connectivity index (χ2v) is 11.7. The number of fused-ring (bicyclic) bond motifs is 1. The van der Waals surface area contributed by atoms with Gasteiger partial charge in [-0.3, -0.25) is 19.1 Å². The number of benzene rings is 2. The van der Waals surface area contributed by atoms with E-state index in [1.807, 2.05) is 0 Å². The lowest BCUT2D eigenvalue weighted by Gasteiger charge is -2.28. The number of carbonyl (C=O) groups is 3. The second-order valence-electron chi connectivity index (χ2n) is 10.8. The van der Waals surface area contributed by atoms with Crippen molar-refractivity contribution in [1.29, 1.82) is 0 Å². The van der Waals surface area contributed by atoms with Crippen LogP contribution in [0.1, 0.15) is 36.8 Å². The maximum absolute atomic E-state index is 13.7. The SMILES string of the molecule is CN(C)CCSNC(=O)[C@@H](CCC(F)(F)F)[C@@H](CCC(F)(F)F)C(=O)N[C@H]1N=C(c2ccccc2)c2ccccc2N(C)C1=O. The number of aliphatic imine (C=N–C) groups is 1. The van der Waals surface area contributed by atoms with Gasteiger partial charge in [0.1, 0.15) is 0 Å². The summed E-state index contributed by atoms with van der Waals surface area (Å²) in [5.74, 6) is -6.20. The van der Waals surface area contributed by atoms with Crippen LogP contribution >= 0.6 is 11.9 Å². The molecule has 0 unspecified atom stereocenters. The standard InChI is InChI=1S/C30H35F6N5O3S/c1-40(2)17-18-45-39-27(43)21(14-16-30(34,35)36)20(13-15-29(31,32)33)26(42)38-25-28(44)41(3)23-12-8-7-11-22(23)24(37-25)19-9-5-4-6-10-19/h4-12,20-21,25H,13-18H2,1-3H3,(H,38,42)(H,39,43)/t20-,21+,25-/m1/s1. The summed E-state index contributed by atoms with van der Waals surface area (Å²) in [6.07, 6.45) is -16.1. The van der Waals surface area contributed by atoms with Gasteiger partial charge in [-0.2, -0.15) is 26.3 Å². The number of para-hydroxylation sites is 1. The third kappa shape index (κ3) is 10.8. The van der Waals surface area contributed by atoms with Crippen LogP contribution in [0.4, 0.5) is 32.0 Å². The number of hydrogen-bond acceptors (Lipinski definition) is 6. The van der Waals surface area contributed by atoms with Gasteiger partial charge in [0, 0.05) is 49.2 Å². The van der Waals surface area contributed by atoms with Crippen molar-refractivity contribution in [1.82, 2.24) is 14.9 Å². The fraction of sp³-hybridized carbons (Fsp3) is 0.467. The fourth-order valence-corrected chi connectivity index (χ4v) is 5.63. The highest BCUT2D eigenvalue weighted by Crippen LogP contribution is 2.34. The summed E-state index contributed by atoms with van der Waals surface area (Å²) in [7, 11) is 4.97. The summed E-state index contributed by atoms with van der Waals surface area (Å²) in [5, 5.41) is 2.36. The molecule has 0 radical (unpaired) electrons. The summed E-state index contributed by atoms with van der Waals surface area (Å²) >= 11 is 0.875. The zero-order valence-corrected chi connectivity index (χ0v) is 25.7. The van der Waals surface area contributed by atoms with Gasteiger partial charge in [-0.25, -0.2) is 4.99 Å². The van der Waals surface area contributed by atoms with Crippen molar-refractivity contribution >= 4 is 41.1 Å². The van der Waals surface area contributed by atoms with E-state index in [2.05, 4.69) is 15.0 Å². The number of carbonyl (C=O) groups excluding carboxylic acids is 3. The van der Waals surface area contributed by atoms with E-state index in [9.17, 15) is 40.7 Å². The molecule has 3 rings (SSSR count). The molecule has 246 valence electrons. The Morgan fingerprint density at radius 2 is 1.47 bits per heavy atom. The van der Waals surface area contributed by atoms with Crippen molar-refractivity contribution in [2.24, 2.45) is 16.8 Å². The molecular formula is C30H35F6N5O3S. The smallest absolute Gasteiger partial charge is 0.326 e. The lowest BCUT2D eigenvalue weighted by molar-refractivity contribution is -0.152. The first-order valence-corrected chi connectivity index (χ1v) is 15.1. The molecule has 3 atom stereocenters. The number of amides is 3. The Morgan fingerprint density at radius 3 is 2.04 bits per heavy atom. The van der Waals surface area contributed by atoms with Gasteiger partial charge in [0.15, 0.2) is 0 Å². The number of anilines is 1. The number of nitrogens with zero attached hydrogens (tertiary/aromatic N) is 3. The first kappa shape index (κ1) is 35.9. The summed E-state index contributed by atoms with van der Waals surface area (Å²) < 4.78 is 82.3. The van der Waals surface area contributed by atoms with Gasteiger partial charge in [0.05, 0.1) is 17.3 Å². The van der Waals surface area contributed by atoms with Crippen LogP contribution in [0.3, 0.4) is 0 Å². The molecule has 0 aromatic heterocycles. The van der Waals surface area contributed by atoms with Crippen LogP contribution in [0.25, 0.3) is 0 Å². The minimum absolute atomic E-state index is 0.310. The lowest BCUT2D eigenvalue weighted by atomic mass is 9.83. The summed E-state index contributed by atoms with van der Waals surface area (Å²) in [4.78, 5) is 47.9. The molecule has 0 fully saturated rings. The maximum Gasteiger partial charge on any atom is 0.389 e. The van der Waals surface area contributed by atoms with E-state index in [0.29, 0.717) is 34.8 Å². The van der Waals surface area contributed by atoms with Crippen molar-refractivity contribution in [3.63, 3.8) is 0 Å². The molecule has 0 saturated heterocycles. The normalized spacial score (nSPS) is 16.8. The second kappa shape index (κ2) is 15.6. The highest BCUT2D eigenvalue weighted by Gasteiger charge is 2.41. The molecule has 8 nitrogen and oxygen atoms in total. The van der Waals surface area contributed by atoms with Crippen molar-refractivity contribution < 1.29 is 40.7 Å². The van der Waals surface area contributed by atoms with Gasteiger partial charge >= 0.3 is 12.4 Å². The van der Waals surface area contributed by atoms with Crippen LogP contribution < -0.4 is 14.9 Å². The number of nitrogens with one attached hydrogen (secondary N) is 2. The summed E-state index contributed by atoms with van der Waals surface area (Å²) in [5.41, 5.74) is 1.89. The van der Waals surface area contributed by atoms with Crippen molar-refractivity contribution in [2.75, 3.05) is 38.3 Å². The number of benzodiazepines with no additional fused rings is 1. The fourth-order valence-electron chi connectivity index (χ4n) is 4.78. The largest absolute Gasteiger partial charge is 0.389 e. The van der Waals surface area contributed by atoms with E-state index in [1.165, 1.54) is 11.9 Å². The quantitative estimate of drug-likeness (QED) is 0.176. The first-order valence-electron chi connectivity index (χ1n) is 14.1. The number of likely N-dealkylation sites (N-methyl/N-ethyl adjacent to an activating group) is 1. The third-order valence-corrected chi connectivity index (χ3v) is 7.85. The predicted molar refractivity (Wildman–Crippen MR) is 161 cm³/mol. The molecule has 2 aromatic carbocycles. The summed E-state index contributed by atoms with van der Waals surface area (Å²) in [6, 6.07) is 15.5. The van der Waals surface area contributed by atoms with Gasteiger partial charge in [-0.05, 0) is 45.0 Å². The highest BCUT2D eigenvalue weighted by atomic mass is 32.2. The minimum Gasteiger partial charge on any atom is -0.326 e. The topological polar surface area (TPSA) is 94.1 Å². The van der Waals surface area contributed by atoms with E-state index in [1.54, 1.807) is 73.6 Å². The van der Waals surface area contributed by atoms with Gasteiger partial charge in [-0.1, -0.05) is 48.5 Å². The Hall–Kier alpha value is -3.59. The lowest BCUT2D eigenvalue weighted by Crippen LogP contribution is -2.50. The molecule has 1 aliphatic rings. The van der Waals surface area contributed by atoms with Gasteiger partial charge in [0.2, 0.25) is 18.0 Å². The first-order chi connectivity index (χ1) is 21.1. The zero-order chi connectivity index (χ0) is 33.4. The zero-order valence-electron chi connectivity index (χ0n) is 24.9. The van der Waals surface area contributed by atoms with Gasteiger partial charge in [0.25, 0.3) is 5.91 Å². The Bertz CT molecular complexity index is 1350. The molecule has 0 spiro atoms. The molecule has 0 aliphatic carbocycles. The molecular weight excluding hydrogens is 624 g/mol. The predicted octanol–water partition coefficient (Wildman–Crippen LogP) is 5.19. The number of hydrogen-bond donors (Lipinski definition) is 2. The molecule has 2 N–H and O–H groups in total. The van der Waals surface area contributed by atoms with Crippen molar-refractivity contribution in [3.8, 4) is 0 Å². The number of rotatable bonds is 13. The van der Waals surface area contributed by atoms with Crippen molar-refractivity contribution in [3.05, 3.63) is 65.7 Å². The average molecular weight is 660 g/mol. The van der Waals surface area contributed by atoms with Crippen LogP contribution in [-0.4, -0.2) is 80.3 Å². The summed E-state index contributed by atoms with van der Waals surface area (Å²) in [6.45, 7) is 0.498. The van der Waals surface area contributed by atoms with Crippen LogP contribution in [0.2, 0.25) is 0 Å². The molecule has 3 amide bonds. The molecule has 1 heterocycles. The Labute approximate surface area is 261 Å². The molecule has 2 aromatic rings. The molecule has 1 aliphatic heterocycles. The molecule has 0 saturated carbocycles. The Kier molecular flexibility index (Phi) is 12.4. The van der Waals surface area contributed by atoms with Gasteiger partial charge < -0.3 is 15.1 Å². The van der Waals surface area contributed by atoms with E-state index in [-0.39, 0.29) is 0 Å². The van der Waals surface area contributed by atoms with E-state index < -0.39 is 73.8 Å². The Balaban J connectivity index is 1.99. The monoisotopic (exact) mass is 659 g/mol. The van der Waals surface area contributed by atoms with Crippen LogP contribution in [-0.2, 0) is 14.4 Å². The maximum atomic E-state index is 13.7. The van der Waals surface area contributed by atoms with E-state index in [4.69, 9.17) is 0 Å². The minimum atomic E-state index is -4.76. The molecule has 0 bridgehead atoms. The highest BCUT2D eigenvalue weighted by molar-refractivity contribution is 7.97. The van der Waals surface area contributed by atoms with Crippen LogP contribution in [0.15, 0.2) is 59.6 Å². The van der Waals surface area contributed by atoms with Crippen LogP contribution in [0.5, 0.6) is 0 Å². The molecule has 45 heavy (non-hydrogen) atoms. The van der Waals surface area contributed by atoms with Gasteiger partial charge in [-0.15, -0.1) is 0 Å². The third-order valence-electron chi connectivity index (χ3n) is 7.12. The number of halogens is 6. The van der Waals surface area contributed by atoms with Crippen LogP contribution in [0, 0.1) is 11.8 Å². The molecule has 15 heteroatoms. The van der Waals surface area contributed by atoms with Crippen molar-refractivity contribution in [2.45, 2.75) is 44.2 Å². The van der Waals surface area contributed by atoms with E-state index in [0.717, 1.165) is 11.9 Å². The Morgan fingerprint density at radius 1 is 0.911 bits per heavy atom.